The molecule has 1 aliphatic rings. The van der Waals surface area contributed by atoms with Crippen molar-refractivity contribution in [1.29, 1.82) is 0 Å². The van der Waals surface area contributed by atoms with Crippen LogP contribution >= 0.6 is 0 Å². The maximum absolute atomic E-state index is 5.67. The van der Waals surface area contributed by atoms with Crippen LogP contribution in [0.5, 0.6) is 0 Å². The molecule has 1 fully saturated rings. The van der Waals surface area contributed by atoms with Crippen molar-refractivity contribution in [2.24, 2.45) is 5.92 Å². The lowest BCUT2D eigenvalue weighted by molar-refractivity contribution is -0.205. The average Bonchev–Trinajstić information content (AvgIpc) is 2.05. The third-order valence-electron chi connectivity index (χ3n) is 2.42. The Bertz CT molecular complexity index is 114. The highest BCUT2D eigenvalue weighted by Crippen LogP contribution is 2.26. The standard InChI is InChI=1S/C9H18O2/c1-4-8-6-5-7(2)9(10-3)11-8/h7-9H,4-6H2,1-3H3. The van der Waals surface area contributed by atoms with Crippen molar-refractivity contribution in [3.05, 3.63) is 0 Å². The Labute approximate surface area is 68.9 Å². The molecule has 0 radical (unpaired) electrons. The second-order valence-corrected chi connectivity index (χ2v) is 3.33. The van der Waals surface area contributed by atoms with E-state index in [2.05, 4.69) is 13.8 Å². The number of hydrogen-bond donors (Lipinski definition) is 0. The summed E-state index contributed by atoms with van der Waals surface area (Å²) in [6.45, 7) is 4.34. The van der Waals surface area contributed by atoms with Crippen LogP contribution in [0.2, 0.25) is 0 Å². The van der Waals surface area contributed by atoms with Gasteiger partial charge in [0, 0.05) is 13.0 Å². The highest BCUT2D eigenvalue weighted by molar-refractivity contribution is 4.69. The number of methoxy groups -OCH3 is 1. The van der Waals surface area contributed by atoms with E-state index in [0.29, 0.717) is 12.0 Å². The number of ether oxygens (including phenoxy) is 2. The summed E-state index contributed by atoms with van der Waals surface area (Å²) in [4.78, 5) is 0. The van der Waals surface area contributed by atoms with Crippen LogP contribution in [0.25, 0.3) is 0 Å². The van der Waals surface area contributed by atoms with Crippen LogP contribution in [0.3, 0.4) is 0 Å². The van der Waals surface area contributed by atoms with Gasteiger partial charge in [0.25, 0.3) is 0 Å². The third kappa shape index (κ3) is 2.17. The summed E-state index contributed by atoms with van der Waals surface area (Å²) in [5.41, 5.74) is 0. The van der Waals surface area contributed by atoms with Crippen LogP contribution in [-0.2, 0) is 9.47 Å². The van der Waals surface area contributed by atoms with E-state index in [9.17, 15) is 0 Å². The Morgan fingerprint density at radius 3 is 2.73 bits per heavy atom. The molecule has 1 rings (SSSR count). The minimum Gasteiger partial charge on any atom is -0.356 e. The number of rotatable bonds is 2. The van der Waals surface area contributed by atoms with Crippen molar-refractivity contribution >= 4 is 0 Å². The molecule has 3 atom stereocenters. The fraction of sp³-hybridized carbons (Fsp3) is 1.00. The molecule has 0 amide bonds. The molecule has 0 aromatic carbocycles. The Morgan fingerprint density at radius 2 is 2.18 bits per heavy atom. The molecule has 0 bridgehead atoms. The van der Waals surface area contributed by atoms with E-state index >= 15 is 0 Å². The zero-order chi connectivity index (χ0) is 8.27. The largest absolute Gasteiger partial charge is 0.356 e. The Morgan fingerprint density at radius 1 is 1.45 bits per heavy atom. The zero-order valence-corrected chi connectivity index (χ0v) is 7.67. The molecule has 0 aromatic rings. The summed E-state index contributed by atoms with van der Waals surface area (Å²) in [5.74, 6) is 0.558. The molecule has 1 saturated heterocycles. The minimum atomic E-state index is 0.0358. The summed E-state index contributed by atoms with van der Waals surface area (Å²) in [7, 11) is 1.72. The van der Waals surface area contributed by atoms with Crippen molar-refractivity contribution < 1.29 is 9.47 Å². The van der Waals surface area contributed by atoms with Crippen molar-refractivity contribution in [3.63, 3.8) is 0 Å². The zero-order valence-electron chi connectivity index (χ0n) is 7.67. The first kappa shape index (κ1) is 9.01. The molecule has 0 N–H and O–H groups in total. The van der Waals surface area contributed by atoms with Crippen molar-refractivity contribution in [1.82, 2.24) is 0 Å². The Hall–Kier alpha value is -0.0800. The molecule has 3 unspecified atom stereocenters. The normalized spacial score (nSPS) is 39.0. The van der Waals surface area contributed by atoms with Crippen LogP contribution < -0.4 is 0 Å². The van der Waals surface area contributed by atoms with E-state index in [1.807, 2.05) is 0 Å². The highest BCUT2D eigenvalue weighted by Gasteiger charge is 2.26. The van der Waals surface area contributed by atoms with Crippen LogP contribution in [0.15, 0.2) is 0 Å². The number of hydrogen-bond acceptors (Lipinski definition) is 2. The molecule has 11 heavy (non-hydrogen) atoms. The minimum absolute atomic E-state index is 0.0358. The molecular weight excluding hydrogens is 140 g/mol. The van der Waals surface area contributed by atoms with Crippen LogP contribution in [-0.4, -0.2) is 19.5 Å². The van der Waals surface area contributed by atoms with Gasteiger partial charge in [-0.2, -0.15) is 0 Å². The van der Waals surface area contributed by atoms with E-state index < -0.39 is 0 Å². The van der Waals surface area contributed by atoms with Gasteiger partial charge in [-0.1, -0.05) is 13.8 Å². The van der Waals surface area contributed by atoms with Gasteiger partial charge in [-0.3, -0.25) is 0 Å². The SMILES string of the molecule is CCC1CCC(C)C(OC)O1. The van der Waals surface area contributed by atoms with Gasteiger partial charge >= 0.3 is 0 Å². The smallest absolute Gasteiger partial charge is 0.160 e. The molecule has 0 spiro atoms. The van der Waals surface area contributed by atoms with Gasteiger partial charge in [0.2, 0.25) is 0 Å². The lowest BCUT2D eigenvalue weighted by atomic mass is 9.98. The molecule has 2 nitrogen and oxygen atoms in total. The lowest BCUT2D eigenvalue weighted by Crippen LogP contribution is -2.34. The lowest BCUT2D eigenvalue weighted by Gasteiger charge is -2.33. The van der Waals surface area contributed by atoms with Crippen molar-refractivity contribution in [2.45, 2.75) is 45.5 Å². The maximum Gasteiger partial charge on any atom is 0.160 e. The van der Waals surface area contributed by atoms with Crippen LogP contribution in [0.1, 0.15) is 33.1 Å². The molecule has 0 aromatic heterocycles. The van der Waals surface area contributed by atoms with Crippen LogP contribution in [0.4, 0.5) is 0 Å². The summed E-state index contributed by atoms with van der Waals surface area (Å²) in [5, 5.41) is 0. The Kier molecular flexibility index (Phi) is 3.34. The fourth-order valence-corrected chi connectivity index (χ4v) is 1.56. The third-order valence-corrected chi connectivity index (χ3v) is 2.42. The van der Waals surface area contributed by atoms with E-state index in [1.54, 1.807) is 7.11 Å². The van der Waals surface area contributed by atoms with E-state index in [-0.39, 0.29) is 6.29 Å². The van der Waals surface area contributed by atoms with Gasteiger partial charge in [0.1, 0.15) is 0 Å². The van der Waals surface area contributed by atoms with E-state index in [1.165, 1.54) is 12.8 Å². The van der Waals surface area contributed by atoms with Gasteiger partial charge in [-0.05, 0) is 19.3 Å². The summed E-state index contributed by atoms with van der Waals surface area (Å²) in [6.07, 6.45) is 3.99. The van der Waals surface area contributed by atoms with Crippen molar-refractivity contribution in [2.75, 3.05) is 7.11 Å². The maximum atomic E-state index is 5.67. The molecule has 1 heterocycles. The van der Waals surface area contributed by atoms with Gasteiger partial charge in [0.05, 0.1) is 6.10 Å². The van der Waals surface area contributed by atoms with Crippen molar-refractivity contribution in [3.8, 4) is 0 Å². The molecule has 2 heteroatoms. The quantitative estimate of drug-likeness (QED) is 0.613. The van der Waals surface area contributed by atoms with Gasteiger partial charge in [0.15, 0.2) is 6.29 Å². The first-order chi connectivity index (χ1) is 5.27. The van der Waals surface area contributed by atoms with Gasteiger partial charge < -0.3 is 9.47 Å². The molecule has 66 valence electrons. The average molecular weight is 158 g/mol. The van der Waals surface area contributed by atoms with E-state index in [0.717, 1.165) is 6.42 Å². The first-order valence-corrected chi connectivity index (χ1v) is 4.46. The van der Waals surface area contributed by atoms with Gasteiger partial charge in [-0.25, -0.2) is 0 Å². The fourth-order valence-electron chi connectivity index (χ4n) is 1.56. The second kappa shape index (κ2) is 4.07. The predicted molar refractivity (Wildman–Crippen MR) is 44.4 cm³/mol. The molecular formula is C9H18O2. The topological polar surface area (TPSA) is 18.5 Å². The highest BCUT2D eigenvalue weighted by atomic mass is 16.7. The molecule has 1 aliphatic heterocycles. The molecule has 0 saturated carbocycles. The second-order valence-electron chi connectivity index (χ2n) is 3.33. The predicted octanol–water partition coefficient (Wildman–Crippen LogP) is 2.18. The monoisotopic (exact) mass is 158 g/mol. The Balaban J connectivity index is 2.37. The summed E-state index contributed by atoms with van der Waals surface area (Å²) >= 11 is 0. The van der Waals surface area contributed by atoms with E-state index in [4.69, 9.17) is 9.47 Å². The first-order valence-electron chi connectivity index (χ1n) is 4.46. The molecule has 0 aliphatic carbocycles. The summed E-state index contributed by atoms with van der Waals surface area (Å²) in [6, 6.07) is 0. The van der Waals surface area contributed by atoms with Crippen LogP contribution in [0, 0.1) is 5.92 Å². The van der Waals surface area contributed by atoms with Gasteiger partial charge in [-0.15, -0.1) is 0 Å². The summed E-state index contributed by atoms with van der Waals surface area (Å²) < 4.78 is 10.9.